The Hall–Kier alpha value is -3.24. The predicted octanol–water partition coefficient (Wildman–Crippen LogP) is 5.68. The molecule has 1 saturated heterocycles. The molecule has 41 heavy (non-hydrogen) atoms. The number of rotatable bonds is 5. The number of thiazole rings is 1. The summed E-state index contributed by atoms with van der Waals surface area (Å²) in [6, 6.07) is 2.70. The monoisotopic (exact) mass is 608 g/mol. The lowest BCUT2D eigenvalue weighted by molar-refractivity contribution is -0.155. The van der Waals surface area contributed by atoms with Crippen LogP contribution in [0.4, 0.5) is 30.7 Å². The lowest BCUT2D eigenvalue weighted by Crippen LogP contribution is -2.40. The number of fused-ring (bicyclic) bond motifs is 1. The number of methoxy groups -OCH3 is 1. The molecule has 0 aliphatic carbocycles. The fraction of sp³-hybridized carbons (Fsp3) is 0.480. The number of carbonyl (C=O) groups excluding carboxylic acids is 1. The van der Waals surface area contributed by atoms with Crippen molar-refractivity contribution in [3.05, 3.63) is 62.6 Å². The summed E-state index contributed by atoms with van der Waals surface area (Å²) in [6.45, 7) is -0.616. The maximum atomic E-state index is 14.3. The molecular weight excluding hydrogens is 585 g/mol. The first-order valence-corrected chi connectivity index (χ1v) is 13.3. The van der Waals surface area contributed by atoms with Crippen LogP contribution in [0.3, 0.4) is 0 Å². The topological polar surface area (TPSA) is 78.7 Å². The first-order valence-electron chi connectivity index (χ1n) is 12.4. The summed E-state index contributed by atoms with van der Waals surface area (Å²) in [7, 11) is 1.48. The molecule has 1 unspecified atom stereocenters. The van der Waals surface area contributed by atoms with E-state index in [2.05, 4.69) is 10.1 Å². The lowest BCUT2D eigenvalue weighted by atomic mass is 9.97. The number of alkyl halides is 6. The van der Waals surface area contributed by atoms with Crippen molar-refractivity contribution in [3.8, 4) is 5.75 Å². The third kappa shape index (κ3) is 6.18. The van der Waals surface area contributed by atoms with E-state index in [0.717, 1.165) is 5.01 Å². The molecule has 3 aromatic rings. The van der Waals surface area contributed by atoms with E-state index in [9.17, 15) is 35.5 Å². The van der Waals surface area contributed by atoms with Crippen molar-refractivity contribution >= 4 is 17.2 Å². The van der Waals surface area contributed by atoms with Crippen LogP contribution >= 0.6 is 11.3 Å². The quantitative estimate of drug-likeness (QED) is 0.347. The molecule has 5 rings (SSSR count). The smallest absolute Gasteiger partial charge is 0.435 e. The van der Waals surface area contributed by atoms with Gasteiger partial charge >= 0.3 is 12.4 Å². The second-order valence-corrected chi connectivity index (χ2v) is 10.4. The van der Waals surface area contributed by atoms with Crippen molar-refractivity contribution in [2.45, 2.75) is 57.2 Å². The van der Waals surface area contributed by atoms with Crippen LogP contribution < -0.4 is 4.74 Å². The number of likely N-dealkylation sites (tertiary alicyclic amines) is 1. The minimum atomic E-state index is -5.11. The summed E-state index contributed by atoms with van der Waals surface area (Å²) < 4.78 is 110. The van der Waals surface area contributed by atoms with Crippen molar-refractivity contribution < 1.29 is 49.7 Å². The second-order valence-electron chi connectivity index (χ2n) is 9.49. The van der Waals surface area contributed by atoms with Crippen LogP contribution in [0, 0.1) is 5.82 Å². The van der Waals surface area contributed by atoms with Crippen molar-refractivity contribution in [2.75, 3.05) is 20.2 Å². The Kier molecular flexibility index (Phi) is 8.00. The van der Waals surface area contributed by atoms with Gasteiger partial charge in [0.15, 0.2) is 5.69 Å². The summed E-state index contributed by atoms with van der Waals surface area (Å²) in [5, 5.41) is 5.49. The van der Waals surface area contributed by atoms with E-state index >= 15 is 0 Å². The molecule has 0 saturated carbocycles. The summed E-state index contributed by atoms with van der Waals surface area (Å²) >= 11 is 1.35. The Labute approximate surface area is 232 Å². The number of nitrogens with zero attached hydrogens (tertiary/aromatic N) is 4. The molecule has 1 amide bonds. The zero-order valence-corrected chi connectivity index (χ0v) is 22.2. The molecule has 1 fully saturated rings. The van der Waals surface area contributed by atoms with Gasteiger partial charge in [-0.15, -0.1) is 11.3 Å². The van der Waals surface area contributed by atoms with Crippen molar-refractivity contribution in [1.82, 2.24) is 19.7 Å². The van der Waals surface area contributed by atoms with Crippen LogP contribution in [0.2, 0.25) is 0 Å². The maximum Gasteiger partial charge on any atom is 0.435 e. The van der Waals surface area contributed by atoms with Crippen LogP contribution in [0.25, 0.3) is 0 Å². The summed E-state index contributed by atoms with van der Waals surface area (Å²) in [5.74, 6) is -0.791. The van der Waals surface area contributed by atoms with E-state index in [-0.39, 0.29) is 43.0 Å². The molecule has 8 nitrogen and oxygen atoms in total. The average molecular weight is 609 g/mol. The summed E-state index contributed by atoms with van der Waals surface area (Å²) in [4.78, 5) is 18.6. The number of ether oxygens (including phenoxy) is 3. The molecule has 1 aromatic carbocycles. The van der Waals surface area contributed by atoms with Gasteiger partial charge in [-0.05, 0) is 25.0 Å². The Morgan fingerprint density at radius 1 is 1.07 bits per heavy atom. The van der Waals surface area contributed by atoms with Crippen molar-refractivity contribution in [3.63, 3.8) is 0 Å². The molecule has 4 heterocycles. The van der Waals surface area contributed by atoms with Gasteiger partial charge in [-0.3, -0.25) is 9.48 Å². The van der Waals surface area contributed by atoms with E-state index in [0.29, 0.717) is 35.4 Å². The van der Waals surface area contributed by atoms with E-state index in [1.807, 2.05) is 0 Å². The minimum Gasteiger partial charge on any atom is -0.496 e. The SMILES string of the molecule is COc1ccc(F)c2c1COC(c1csc(C3CCN(C(=O)Cn4nc(C(F)(F)F)cc4C(F)(F)F)CC3)n1)OC2. The molecule has 0 bridgehead atoms. The number of aromatic nitrogens is 3. The van der Waals surface area contributed by atoms with Gasteiger partial charge in [0.2, 0.25) is 12.2 Å². The second kappa shape index (κ2) is 11.2. The number of benzene rings is 1. The minimum absolute atomic E-state index is 0.0467. The number of piperidine rings is 1. The third-order valence-corrected chi connectivity index (χ3v) is 7.96. The summed E-state index contributed by atoms with van der Waals surface area (Å²) in [5.41, 5.74) is -1.98. The fourth-order valence-electron chi connectivity index (χ4n) is 4.79. The van der Waals surface area contributed by atoms with Gasteiger partial charge in [0.05, 0.1) is 25.3 Å². The molecule has 1 atom stereocenters. The molecule has 0 radical (unpaired) electrons. The average Bonchev–Trinajstić information content (AvgIpc) is 3.52. The van der Waals surface area contributed by atoms with Crippen LogP contribution in [-0.2, 0) is 46.4 Å². The van der Waals surface area contributed by atoms with Gasteiger partial charge in [0.1, 0.15) is 29.5 Å². The van der Waals surface area contributed by atoms with Gasteiger partial charge in [-0.2, -0.15) is 31.4 Å². The number of halogens is 7. The predicted molar refractivity (Wildman–Crippen MR) is 128 cm³/mol. The highest BCUT2D eigenvalue weighted by molar-refractivity contribution is 7.09. The zero-order chi connectivity index (χ0) is 29.5. The van der Waals surface area contributed by atoms with Crippen LogP contribution in [0.15, 0.2) is 23.6 Å². The molecule has 0 N–H and O–H groups in total. The van der Waals surface area contributed by atoms with E-state index in [1.165, 1.54) is 35.5 Å². The first kappa shape index (κ1) is 29.3. The van der Waals surface area contributed by atoms with Gasteiger partial charge in [0.25, 0.3) is 0 Å². The standard InChI is InChI=1S/C25H23F7N4O4S/c1-38-18-3-2-16(26)14-10-39-23(40-11-15(14)18)17-12-41-22(33-17)13-4-6-35(7-5-13)21(37)9-36-20(25(30,31)32)8-19(34-36)24(27,28)29/h2-3,8,12-13,23H,4-7,9-11H2,1H3. The molecule has 2 aliphatic heterocycles. The Balaban J connectivity index is 1.20. The zero-order valence-electron chi connectivity index (χ0n) is 21.4. The molecule has 222 valence electrons. The van der Waals surface area contributed by atoms with Crippen molar-refractivity contribution in [2.24, 2.45) is 0 Å². The Morgan fingerprint density at radius 2 is 1.76 bits per heavy atom. The van der Waals surface area contributed by atoms with Gasteiger partial charge in [0, 0.05) is 41.6 Å². The van der Waals surface area contributed by atoms with E-state index in [1.54, 1.807) is 5.38 Å². The largest absolute Gasteiger partial charge is 0.496 e. The van der Waals surface area contributed by atoms with Crippen LogP contribution in [0.5, 0.6) is 5.75 Å². The highest BCUT2D eigenvalue weighted by Crippen LogP contribution is 2.38. The Bertz CT molecular complexity index is 1410. The first-order chi connectivity index (χ1) is 19.3. The normalized spacial score (nSPS) is 18.7. The number of carbonyl (C=O) groups is 1. The number of hydrogen-bond acceptors (Lipinski definition) is 7. The highest BCUT2D eigenvalue weighted by Gasteiger charge is 2.42. The fourth-order valence-corrected chi connectivity index (χ4v) is 5.78. The Morgan fingerprint density at radius 3 is 2.39 bits per heavy atom. The number of hydrogen-bond donors (Lipinski definition) is 0. The molecular formula is C25H23F7N4O4S. The summed E-state index contributed by atoms with van der Waals surface area (Å²) in [6.07, 6.45) is -10.2. The van der Waals surface area contributed by atoms with Crippen molar-refractivity contribution in [1.29, 1.82) is 0 Å². The third-order valence-electron chi connectivity index (χ3n) is 6.93. The van der Waals surface area contributed by atoms with E-state index < -0.39 is 48.3 Å². The highest BCUT2D eigenvalue weighted by atomic mass is 32.1. The van der Waals surface area contributed by atoms with Crippen LogP contribution in [0.1, 0.15) is 58.3 Å². The molecule has 2 aromatic heterocycles. The van der Waals surface area contributed by atoms with E-state index in [4.69, 9.17) is 14.2 Å². The lowest BCUT2D eigenvalue weighted by Gasteiger charge is -2.31. The van der Waals surface area contributed by atoms with Gasteiger partial charge in [-0.25, -0.2) is 9.37 Å². The van der Waals surface area contributed by atoms with Gasteiger partial charge < -0.3 is 19.1 Å². The van der Waals surface area contributed by atoms with Gasteiger partial charge in [-0.1, -0.05) is 0 Å². The molecule has 2 aliphatic rings. The van der Waals surface area contributed by atoms with Crippen LogP contribution in [-0.4, -0.2) is 45.8 Å². The molecule has 16 heteroatoms. The number of amides is 1. The maximum absolute atomic E-state index is 14.3. The molecule has 0 spiro atoms.